The van der Waals surface area contributed by atoms with Gasteiger partial charge in [0.05, 0.1) is 11.5 Å². The molecule has 3 N–H and O–H groups in total. The smallest absolute Gasteiger partial charge is 0.221 e. The molecule has 4 nitrogen and oxygen atoms in total. The Bertz CT molecular complexity index is 275. The number of piperidine rings is 1. The van der Waals surface area contributed by atoms with Crippen LogP contribution in [0, 0.1) is 5.92 Å². The van der Waals surface area contributed by atoms with Gasteiger partial charge in [0.25, 0.3) is 0 Å². The predicted molar refractivity (Wildman–Crippen MR) is 66.4 cm³/mol. The van der Waals surface area contributed by atoms with Crippen LogP contribution in [-0.4, -0.2) is 41.1 Å². The molecule has 17 heavy (non-hydrogen) atoms. The van der Waals surface area contributed by atoms with E-state index in [-0.39, 0.29) is 11.8 Å². The molecule has 1 saturated carbocycles. The maximum atomic E-state index is 11.2. The number of carbonyl (C=O) groups is 1. The van der Waals surface area contributed by atoms with Crippen LogP contribution in [0.15, 0.2) is 0 Å². The van der Waals surface area contributed by atoms with Gasteiger partial charge < -0.3 is 10.8 Å². The molecule has 0 bridgehead atoms. The molecule has 0 aromatic heterocycles. The fourth-order valence-corrected chi connectivity index (χ4v) is 3.22. The molecular weight excluding hydrogens is 216 g/mol. The number of aliphatic hydroxyl groups is 1. The molecule has 0 aromatic rings. The first kappa shape index (κ1) is 12.8. The van der Waals surface area contributed by atoms with Gasteiger partial charge in [-0.05, 0) is 32.2 Å². The van der Waals surface area contributed by atoms with E-state index in [1.54, 1.807) is 0 Å². The van der Waals surface area contributed by atoms with Crippen molar-refractivity contribution in [3.8, 4) is 0 Å². The molecule has 98 valence electrons. The van der Waals surface area contributed by atoms with Crippen molar-refractivity contribution in [1.29, 1.82) is 0 Å². The van der Waals surface area contributed by atoms with Gasteiger partial charge >= 0.3 is 0 Å². The van der Waals surface area contributed by atoms with E-state index in [1.165, 1.54) is 6.42 Å². The first-order chi connectivity index (χ1) is 8.09. The molecule has 4 heteroatoms. The van der Waals surface area contributed by atoms with Gasteiger partial charge in [-0.2, -0.15) is 0 Å². The summed E-state index contributed by atoms with van der Waals surface area (Å²) < 4.78 is 0. The SMILES string of the molecule is NC(=O)C1CCCN(CC2(O)CCCCC2)C1. The molecule has 1 aliphatic carbocycles. The zero-order valence-corrected chi connectivity index (χ0v) is 10.5. The Balaban J connectivity index is 1.87. The molecule has 1 heterocycles. The summed E-state index contributed by atoms with van der Waals surface area (Å²) in [7, 11) is 0. The average molecular weight is 240 g/mol. The second-order valence-corrected chi connectivity index (χ2v) is 5.76. The van der Waals surface area contributed by atoms with Crippen LogP contribution in [0.2, 0.25) is 0 Å². The third-order valence-corrected chi connectivity index (χ3v) is 4.21. The van der Waals surface area contributed by atoms with Crippen LogP contribution in [0.25, 0.3) is 0 Å². The van der Waals surface area contributed by atoms with Crippen LogP contribution in [-0.2, 0) is 4.79 Å². The van der Waals surface area contributed by atoms with Crippen molar-refractivity contribution >= 4 is 5.91 Å². The Morgan fingerprint density at radius 2 is 2.00 bits per heavy atom. The molecule has 2 rings (SSSR count). The molecule has 2 aliphatic rings. The highest BCUT2D eigenvalue weighted by Gasteiger charge is 2.33. The number of β-amino-alcohol motifs (C(OH)–C–C–N with tert-alkyl or cyclic N) is 1. The standard InChI is InChI=1S/C13H24N2O2/c14-12(16)11-5-4-8-15(9-11)10-13(17)6-2-1-3-7-13/h11,17H,1-10H2,(H2,14,16). The molecule has 1 saturated heterocycles. The summed E-state index contributed by atoms with van der Waals surface area (Å²) in [6, 6.07) is 0. The van der Waals surface area contributed by atoms with E-state index in [0.29, 0.717) is 0 Å². The van der Waals surface area contributed by atoms with Crippen LogP contribution >= 0.6 is 0 Å². The quantitative estimate of drug-likeness (QED) is 0.769. The molecule has 0 aromatic carbocycles. The van der Waals surface area contributed by atoms with E-state index in [4.69, 9.17) is 5.73 Å². The molecule has 2 fully saturated rings. The summed E-state index contributed by atoms with van der Waals surface area (Å²) in [5.41, 5.74) is 4.85. The minimum atomic E-state index is -0.516. The normalized spacial score (nSPS) is 30.1. The van der Waals surface area contributed by atoms with Crippen LogP contribution < -0.4 is 5.73 Å². The summed E-state index contributed by atoms with van der Waals surface area (Å²) in [5, 5.41) is 10.5. The van der Waals surface area contributed by atoms with Crippen LogP contribution in [0.5, 0.6) is 0 Å². The van der Waals surface area contributed by atoms with Gasteiger partial charge in [-0.1, -0.05) is 19.3 Å². The van der Waals surface area contributed by atoms with Gasteiger partial charge in [-0.25, -0.2) is 0 Å². The molecule has 1 amide bonds. The Hall–Kier alpha value is -0.610. The number of nitrogens with two attached hydrogens (primary N) is 1. The van der Waals surface area contributed by atoms with E-state index in [2.05, 4.69) is 4.90 Å². The number of hydrogen-bond acceptors (Lipinski definition) is 3. The third kappa shape index (κ3) is 3.42. The summed E-state index contributed by atoms with van der Waals surface area (Å²) in [6.07, 6.45) is 7.24. The van der Waals surface area contributed by atoms with E-state index >= 15 is 0 Å². The zero-order chi connectivity index (χ0) is 12.3. The molecule has 0 spiro atoms. The average Bonchev–Trinajstić information content (AvgIpc) is 2.29. The Labute approximate surface area is 103 Å². The van der Waals surface area contributed by atoms with Gasteiger partial charge in [0, 0.05) is 13.1 Å². The number of carbonyl (C=O) groups excluding carboxylic acids is 1. The van der Waals surface area contributed by atoms with Gasteiger partial charge in [0.15, 0.2) is 0 Å². The highest BCUT2D eigenvalue weighted by Crippen LogP contribution is 2.30. The van der Waals surface area contributed by atoms with Crippen molar-refractivity contribution in [2.24, 2.45) is 11.7 Å². The van der Waals surface area contributed by atoms with Crippen LogP contribution in [0.3, 0.4) is 0 Å². The second-order valence-electron chi connectivity index (χ2n) is 5.76. The first-order valence-corrected chi connectivity index (χ1v) is 6.83. The molecular formula is C13H24N2O2. The summed E-state index contributed by atoms with van der Waals surface area (Å²) >= 11 is 0. The number of rotatable bonds is 3. The van der Waals surface area contributed by atoms with Crippen molar-refractivity contribution in [1.82, 2.24) is 4.90 Å². The molecule has 1 atom stereocenters. The van der Waals surface area contributed by atoms with Crippen LogP contribution in [0.4, 0.5) is 0 Å². The summed E-state index contributed by atoms with van der Waals surface area (Å²) in [5.74, 6) is -0.207. The Kier molecular flexibility index (Phi) is 4.05. The number of likely N-dealkylation sites (tertiary alicyclic amines) is 1. The predicted octanol–water partition coefficient (Wildman–Crippen LogP) is 0.879. The van der Waals surface area contributed by atoms with Crippen molar-refractivity contribution < 1.29 is 9.90 Å². The van der Waals surface area contributed by atoms with Gasteiger partial charge in [-0.15, -0.1) is 0 Å². The summed E-state index contributed by atoms with van der Waals surface area (Å²) in [6.45, 7) is 2.44. The maximum absolute atomic E-state index is 11.2. The van der Waals surface area contributed by atoms with Crippen molar-refractivity contribution in [2.45, 2.75) is 50.5 Å². The zero-order valence-electron chi connectivity index (χ0n) is 10.5. The van der Waals surface area contributed by atoms with E-state index in [0.717, 1.165) is 58.2 Å². The maximum Gasteiger partial charge on any atom is 0.221 e. The lowest BCUT2D eigenvalue weighted by Gasteiger charge is -2.39. The Morgan fingerprint density at radius 1 is 1.29 bits per heavy atom. The largest absolute Gasteiger partial charge is 0.389 e. The second kappa shape index (κ2) is 5.36. The third-order valence-electron chi connectivity index (χ3n) is 4.21. The highest BCUT2D eigenvalue weighted by atomic mass is 16.3. The van der Waals surface area contributed by atoms with Gasteiger partial charge in [0.2, 0.25) is 5.91 Å². The Morgan fingerprint density at radius 3 is 2.65 bits per heavy atom. The molecule has 0 radical (unpaired) electrons. The molecule has 1 aliphatic heterocycles. The highest BCUT2D eigenvalue weighted by molar-refractivity contribution is 5.76. The molecule has 1 unspecified atom stereocenters. The minimum absolute atomic E-state index is 0.0176. The lowest BCUT2D eigenvalue weighted by molar-refractivity contribution is -0.124. The number of amides is 1. The fourth-order valence-electron chi connectivity index (χ4n) is 3.22. The van der Waals surface area contributed by atoms with Crippen molar-refractivity contribution in [2.75, 3.05) is 19.6 Å². The van der Waals surface area contributed by atoms with E-state index in [9.17, 15) is 9.90 Å². The first-order valence-electron chi connectivity index (χ1n) is 6.83. The lowest BCUT2D eigenvalue weighted by atomic mass is 9.83. The van der Waals surface area contributed by atoms with Crippen LogP contribution in [0.1, 0.15) is 44.9 Å². The van der Waals surface area contributed by atoms with E-state index < -0.39 is 5.60 Å². The fraction of sp³-hybridized carbons (Fsp3) is 0.923. The summed E-state index contributed by atoms with van der Waals surface area (Å²) in [4.78, 5) is 13.4. The topological polar surface area (TPSA) is 66.6 Å². The number of primary amides is 1. The number of nitrogens with zero attached hydrogens (tertiary/aromatic N) is 1. The van der Waals surface area contributed by atoms with Crippen molar-refractivity contribution in [3.63, 3.8) is 0 Å². The number of hydrogen-bond donors (Lipinski definition) is 2. The van der Waals surface area contributed by atoms with Gasteiger partial charge in [-0.3, -0.25) is 9.69 Å². The lowest BCUT2D eigenvalue weighted by Crippen LogP contribution is -2.49. The van der Waals surface area contributed by atoms with E-state index in [1.807, 2.05) is 0 Å². The van der Waals surface area contributed by atoms with Crippen molar-refractivity contribution in [3.05, 3.63) is 0 Å². The minimum Gasteiger partial charge on any atom is -0.389 e. The monoisotopic (exact) mass is 240 g/mol. The van der Waals surface area contributed by atoms with Gasteiger partial charge in [0.1, 0.15) is 0 Å².